The first kappa shape index (κ1) is 25.0. The van der Waals surface area contributed by atoms with E-state index in [2.05, 4.69) is 59.3 Å². The predicted molar refractivity (Wildman–Crippen MR) is 65.9 cm³/mol. The minimum Gasteiger partial charge on any atom is -0.481 e. The van der Waals surface area contributed by atoms with Crippen molar-refractivity contribution in [2.45, 2.75) is 12.8 Å². The molecular formula is C11H20O7. The Morgan fingerprint density at radius 3 is 1.72 bits per heavy atom. The molecule has 0 atom stereocenters. The fourth-order valence-electron chi connectivity index (χ4n) is 0.330. The highest BCUT2D eigenvalue weighted by Gasteiger charge is 2.07. The number of carboxylic acid groups (broad SMARTS) is 1. The van der Waals surface area contributed by atoms with Gasteiger partial charge in [-0.1, -0.05) is 0 Å². The van der Waals surface area contributed by atoms with Gasteiger partial charge in [-0.3, -0.25) is 9.68 Å². The highest BCUT2D eigenvalue weighted by molar-refractivity contribution is 5.76. The second-order valence-corrected chi connectivity index (χ2v) is 1.65. The Bertz CT molecular complexity index is 189. The fourth-order valence-corrected chi connectivity index (χ4v) is 0.330. The molecule has 0 unspecified atom stereocenters. The summed E-state index contributed by atoms with van der Waals surface area (Å²) in [4.78, 5) is 28.2. The van der Waals surface area contributed by atoms with E-state index in [1.807, 2.05) is 0 Å². The molecule has 0 bridgehead atoms. The van der Waals surface area contributed by atoms with Crippen LogP contribution < -0.4 is 0 Å². The van der Waals surface area contributed by atoms with Crippen LogP contribution in [0, 0.1) is 0 Å². The molecule has 0 radical (unpaired) electrons. The molecule has 0 aliphatic rings. The van der Waals surface area contributed by atoms with Gasteiger partial charge in [-0.15, -0.1) is 39.5 Å². The summed E-state index contributed by atoms with van der Waals surface area (Å²) in [5, 5.41) is 15.6. The van der Waals surface area contributed by atoms with Gasteiger partial charge in [-0.2, -0.15) is 0 Å². The molecule has 0 heterocycles. The van der Waals surface area contributed by atoms with Gasteiger partial charge in [0.2, 0.25) is 0 Å². The van der Waals surface area contributed by atoms with Crippen molar-refractivity contribution >= 4 is 11.9 Å². The fraction of sp³-hybridized carbons (Fsp3) is 0.273. The van der Waals surface area contributed by atoms with Crippen LogP contribution in [0.3, 0.4) is 0 Å². The lowest BCUT2D eigenvalue weighted by atomic mass is 10.3. The number of carbonyl (C=O) groups excluding carboxylic acids is 1. The van der Waals surface area contributed by atoms with Crippen molar-refractivity contribution in [1.82, 2.24) is 0 Å². The zero-order valence-corrected chi connectivity index (χ0v) is 10.6. The van der Waals surface area contributed by atoms with Gasteiger partial charge in [0.15, 0.2) is 0 Å². The van der Waals surface area contributed by atoms with Gasteiger partial charge in [0.05, 0.1) is 20.0 Å². The minimum absolute atomic E-state index is 0.289. The molecule has 18 heavy (non-hydrogen) atoms. The third kappa shape index (κ3) is 36.9. The quantitative estimate of drug-likeness (QED) is 0.340. The maximum absolute atomic E-state index is 10.5. The van der Waals surface area contributed by atoms with Crippen LogP contribution in [0.5, 0.6) is 0 Å². The van der Waals surface area contributed by atoms with Crippen molar-refractivity contribution in [2.24, 2.45) is 0 Å². The predicted octanol–water partition coefficient (Wildman–Crippen LogP) is 2.23. The highest BCUT2D eigenvalue weighted by Crippen LogP contribution is 1.93. The lowest BCUT2D eigenvalue weighted by Crippen LogP contribution is -2.08. The molecule has 7 nitrogen and oxygen atoms in total. The smallest absolute Gasteiger partial charge is 0.346 e. The third-order valence-corrected chi connectivity index (χ3v) is 0.766. The van der Waals surface area contributed by atoms with E-state index in [4.69, 9.17) is 5.11 Å². The van der Waals surface area contributed by atoms with Crippen LogP contribution in [0.25, 0.3) is 0 Å². The summed E-state index contributed by atoms with van der Waals surface area (Å²) in [5.41, 5.74) is 0. The van der Waals surface area contributed by atoms with E-state index in [9.17, 15) is 9.59 Å². The van der Waals surface area contributed by atoms with Crippen LogP contribution >= 0.6 is 0 Å². The summed E-state index contributed by atoms with van der Waals surface area (Å²) < 4.78 is 0. The normalized spacial score (nSPS) is 6.94. The molecule has 0 aromatic rings. The molecule has 0 aliphatic heterocycles. The van der Waals surface area contributed by atoms with Gasteiger partial charge in [0, 0.05) is 5.04 Å². The van der Waals surface area contributed by atoms with E-state index in [1.165, 1.54) is 0 Å². The van der Waals surface area contributed by atoms with Crippen LogP contribution in [0.15, 0.2) is 39.5 Å². The summed E-state index contributed by atoms with van der Waals surface area (Å²) in [6, 6.07) is 0. The van der Waals surface area contributed by atoms with E-state index in [1.54, 1.807) is 0 Å². The molecule has 0 aliphatic carbocycles. The largest absolute Gasteiger partial charge is 0.481 e. The van der Waals surface area contributed by atoms with Gasteiger partial charge in [-0.05, 0) is 5.04 Å². The molecule has 0 spiro atoms. The van der Waals surface area contributed by atoms with E-state index < -0.39 is 11.9 Å². The second kappa shape index (κ2) is 29.4. The summed E-state index contributed by atoms with van der Waals surface area (Å²) in [7, 11) is 1.14. The minimum atomic E-state index is -1.10. The number of hydrogen-bond acceptors (Lipinski definition) is 6. The van der Waals surface area contributed by atoms with Crippen LogP contribution in [0.2, 0.25) is 0 Å². The lowest BCUT2D eigenvalue weighted by Gasteiger charge is -1.97. The van der Waals surface area contributed by atoms with Crippen molar-refractivity contribution in [3.63, 3.8) is 0 Å². The van der Waals surface area contributed by atoms with Gasteiger partial charge in [0.25, 0.3) is 0 Å². The van der Waals surface area contributed by atoms with Crippen LogP contribution in [0.4, 0.5) is 0 Å². The lowest BCUT2D eigenvalue weighted by molar-refractivity contribution is -0.611. The average molecular weight is 264 g/mol. The first-order valence-corrected chi connectivity index (χ1v) is 4.45. The Hall–Kier alpha value is -1.96. The number of rotatable bonds is 6. The van der Waals surface area contributed by atoms with E-state index >= 15 is 0 Å². The Kier molecular flexibility index (Phi) is 40.9. The Morgan fingerprint density at radius 1 is 0.944 bits per heavy atom. The van der Waals surface area contributed by atoms with Crippen LogP contribution in [-0.2, 0) is 29.4 Å². The standard InChI is InChI=1S/C5H8O7.3C2H4/c1-9-11-12-10-5(8)3-2-4(6)7;3*1-2/h2-3H2,1H3,(H,6,7);3*1-2H2. The molecule has 0 aromatic heterocycles. The van der Waals surface area contributed by atoms with Crippen LogP contribution in [0.1, 0.15) is 12.8 Å². The summed E-state index contributed by atoms with van der Waals surface area (Å²) in [6.07, 6.45) is -0.614. The summed E-state index contributed by atoms with van der Waals surface area (Å²) in [5.74, 6) is -1.95. The Labute approximate surface area is 107 Å². The topological polar surface area (TPSA) is 91.3 Å². The van der Waals surface area contributed by atoms with E-state index in [0.29, 0.717) is 0 Å². The SMILES string of the molecule is C=C.C=C.C=C.COOOOC(=O)CCC(=O)O. The third-order valence-electron chi connectivity index (χ3n) is 0.766. The van der Waals surface area contributed by atoms with Gasteiger partial charge in [0.1, 0.15) is 0 Å². The van der Waals surface area contributed by atoms with Crippen molar-refractivity contribution < 1.29 is 34.5 Å². The Morgan fingerprint density at radius 2 is 1.39 bits per heavy atom. The maximum Gasteiger partial charge on any atom is 0.346 e. The first-order chi connectivity index (χ1) is 8.66. The van der Waals surface area contributed by atoms with Crippen LogP contribution in [-0.4, -0.2) is 24.2 Å². The Balaban J connectivity index is -0.000000141. The van der Waals surface area contributed by atoms with E-state index in [-0.39, 0.29) is 12.8 Å². The monoisotopic (exact) mass is 264 g/mol. The molecule has 0 fully saturated rings. The van der Waals surface area contributed by atoms with Gasteiger partial charge in [-0.25, -0.2) is 9.68 Å². The average Bonchev–Trinajstić information content (AvgIpc) is 2.43. The molecule has 1 N–H and O–H groups in total. The number of carbonyl (C=O) groups is 2. The van der Waals surface area contributed by atoms with Crippen molar-refractivity contribution in [3.05, 3.63) is 39.5 Å². The number of hydrogen-bond donors (Lipinski definition) is 1. The molecule has 0 rings (SSSR count). The number of carboxylic acids is 1. The molecule has 0 saturated heterocycles. The van der Waals surface area contributed by atoms with Crippen molar-refractivity contribution in [1.29, 1.82) is 0 Å². The first-order valence-electron chi connectivity index (χ1n) is 4.45. The molecule has 0 saturated carbocycles. The maximum atomic E-state index is 10.5. The van der Waals surface area contributed by atoms with Gasteiger partial charge < -0.3 is 5.11 Å². The highest BCUT2D eigenvalue weighted by atomic mass is 17.7. The van der Waals surface area contributed by atoms with Crippen molar-refractivity contribution in [3.8, 4) is 0 Å². The molecule has 106 valence electrons. The van der Waals surface area contributed by atoms with E-state index in [0.717, 1.165) is 7.11 Å². The number of aliphatic carboxylic acids is 1. The molecule has 7 heteroatoms. The molecular weight excluding hydrogens is 244 g/mol. The summed E-state index contributed by atoms with van der Waals surface area (Å²) in [6.45, 7) is 18.0. The molecule has 0 aromatic carbocycles. The van der Waals surface area contributed by atoms with Crippen molar-refractivity contribution in [2.75, 3.05) is 7.11 Å². The van der Waals surface area contributed by atoms with Gasteiger partial charge >= 0.3 is 11.9 Å². The zero-order valence-electron chi connectivity index (χ0n) is 10.6. The molecule has 0 amide bonds. The zero-order chi connectivity index (χ0) is 15.4. The second-order valence-electron chi connectivity index (χ2n) is 1.65. The summed E-state index contributed by atoms with van der Waals surface area (Å²) >= 11 is 0.